The van der Waals surface area contributed by atoms with Gasteiger partial charge in [-0.1, -0.05) is 0 Å². The van der Waals surface area contributed by atoms with Crippen LogP contribution in [0, 0.1) is 0 Å². The highest BCUT2D eigenvalue weighted by atomic mass is 16.4. The van der Waals surface area contributed by atoms with Gasteiger partial charge < -0.3 is 10.4 Å². The van der Waals surface area contributed by atoms with E-state index in [1.165, 1.54) is 4.57 Å². The molecule has 2 rings (SSSR count). The van der Waals surface area contributed by atoms with Crippen LogP contribution in [0.25, 0.3) is 0 Å². The Morgan fingerprint density at radius 1 is 1.53 bits per heavy atom. The van der Waals surface area contributed by atoms with Crippen molar-refractivity contribution in [2.45, 2.75) is 25.4 Å². The van der Waals surface area contributed by atoms with E-state index in [9.17, 15) is 14.4 Å². The summed E-state index contributed by atoms with van der Waals surface area (Å²) in [6, 6.07) is 0.153. The van der Waals surface area contributed by atoms with Crippen LogP contribution in [0.2, 0.25) is 0 Å². The van der Waals surface area contributed by atoms with Crippen molar-refractivity contribution in [2.24, 2.45) is 0 Å². The molecule has 17 heavy (non-hydrogen) atoms. The predicted molar refractivity (Wildman–Crippen MR) is 59.3 cm³/mol. The van der Waals surface area contributed by atoms with Crippen molar-refractivity contribution in [1.82, 2.24) is 14.9 Å². The second kappa shape index (κ2) is 4.54. The minimum absolute atomic E-state index is 0.153. The van der Waals surface area contributed by atoms with Crippen LogP contribution in [0.3, 0.4) is 0 Å². The van der Waals surface area contributed by atoms with Gasteiger partial charge in [-0.25, -0.2) is 9.59 Å². The minimum Gasteiger partial charge on any atom is -0.477 e. The van der Waals surface area contributed by atoms with E-state index in [4.69, 9.17) is 5.11 Å². The summed E-state index contributed by atoms with van der Waals surface area (Å²) in [4.78, 5) is 35.5. The number of aromatic carboxylic acids is 1. The Labute approximate surface area is 96.1 Å². The summed E-state index contributed by atoms with van der Waals surface area (Å²) in [7, 11) is 0. The van der Waals surface area contributed by atoms with Gasteiger partial charge in [0.15, 0.2) is 0 Å². The van der Waals surface area contributed by atoms with Crippen LogP contribution in [-0.4, -0.2) is 33.2 Å². The molecule has 0 amide bonds. The second-order valence-corrected chi connectivity index (χ2v) is 4.05. The number of carbonyl (C=O) groups is 1. The molecule has 7 nitrogen and oxygen atoms in total. The van der Waals surface area contributed by atoms with Gasteiger partial charge in [0, 0.05) is 18.8 Å². The lowest BCUT2D eigenvalue weighted by molar-refractivity contribution is 0.0693. The summed E-state index contributed by atoms with van der Waals surface area (Å²) >= 11 is 0. The molecule has 1 fully saturated rings. The molecule has 1 unspecified atom stereocenters. The maximum Gasteiger partial charge on any atom is 0.342 e. The van der Waals surface area contributed by atoms with E-state index >= 15 is 0 Å². The lowest BCUT2D eigenvalue weighted by Gasteiger charge is -2.12. The van der Waals surface area contributed by atoms with Gasteiger partial charge in [-0.3, -0.25) is 14.3 Å². The number of rotatable bonds is 3. The van der Waals surface area contributed by atoms with Crippen LogP contribution in [0.5, 0.6) is 0 Å². The molecule has 3 N–H and O–H groups in total. The average Bonchev–Trinajstić information content (AvgIpc) is 2.74. The van der Waals surface area contributed by atoms with Gasteiger partial charge in [0.1, 0.15) is 5.56 Å². The summed E-state index contributed by atoms with van der Waals surface area (Å²) in [6.07, 6.45) is 3.08. The maximum atomic E-state index is 11.5. The molecular weight excluding hydrogens is 226 g/mol. The molecule has 0 spiro atoms. The van der Waals surface area contributed by atoms with Gasteiger partial charge in [0.05, 0.1) is 0 Å². The highest BCUT2D eigenvalue weighted by Crippen LogP contribution is 2.06. The molecule has 0 saturated carbocycles. The number of aromatic amines is 1. The maximum absolute atomic E-state index is 11.5. The quantitative estimate of drug-likeness (QED) is 0.626. The van der Waals surface area contributed by atoms with Gasteiger partial charge >= 0.3 is 11.7 Å². The monoisotopic (exact) mass is 239 g/mol. The zero-order valence-corrected chi connectivity index (χ0v) is 9.10. The van der Waals surface area contributed by atoms with Crippen molar-refractivity contribution in [3.63, 3.8) is 0 Å². The number of carboxylic acids is 1. The average molecular weight is 239 g/mol. The van der Waals surface area contributed by atoms with E-state index in [1.54, 1.807) is 0 Å². The van der Waals surface area contributed by atoms with Crippen molar-refractivity contribution in [3.8, 4) is 0 Å². The molecule has 2 heterocycles. The molecule has 92 valence electrons. The molecule has 1 aromatic rings. The van der Waals surface area contributed by atoms with Gasteiger partial charge in [-0.15, -0.1) is 0 Å². The topological polar surface area (TPSA) is 104 Å². The van der Waals surface area contributed by atoms with E-state index in [0.717, 1.165) is 25.6 Å². The lowest BCUT2D eigenvalue weighted by atomic mass is 10.2. The molecular formula is C10H13N3O4. The molecule has 0 radical (unpaired) electrons. The zero-order valence-electron chi connectivity index (χ0n) is 9.10. The fourth-order valence-electron chi connectivity index (χ4n) is 1.95. The first-order valence-electron chi connectivity index (χ1n) is 5.38. The normalized spacial score (nSPS) is 19.4. The Balaban J connectivity index is 2.33. The Morgan fingerprint density at radius 3 is 2.88 bits per heavy atom. The largest absolute Gasteiger partial charge is 0.477 e. The molecule has 0 aliphatic carbocycles. The molecule has 1 aromatic heterocycles. The third-order valence-electron chi connectivity index (χ3n) is 2.82. The van der Waals surface area contributed by atoms with Gasteiger partial charge in [0.2, 0.25) is 0 Å². The van der Waals surface area contributed by atoms with E-state index in [2.05, 4.69) is 5.32 Å². The van der Waals surface area contributed by atoms with E-state index in [1.807, 2.05) is 4.98 Å². The lowest BCUT2D eigenvalue weighted by Crippen LogP contribution is -2.37. The Morgan fingerprint density at radius 2 is 2.29 bits per heavy atom. The Bertz CT molecular complexity index is 539. The molecule has 1 atom stereocenters. The predicted octanol–water partition coefficient (Wildman–Crippen LogP) is -1.01. The molecule has 7 heteroatoms. The van der Waals surface area contributed by atoms with Crippen molar-refractivity contribution in [3.05, 3.63) is 32.6 Å². The third-order valence-corrected chi connectivity index (χ3v) is 2.82. The highest BCUT2D eigenvalue weighted by Gasteiger charge is 2.17. The van der Waals surface area contributed by atoms with Crippen LogP contribution in [-0.2, 0) is 6.54 Å². The first kappa shape index (κ1) is 11.6. The number of nitrogens with one attached hydrogen (secondary N) is 2. The third kappa shape index (κ3) is 2.44. The zero-order chi connectivity index (χ0) is 12.4. The van der Waals surface area contributed by atoms with E-state index in [-0.39, 0.29) is 6.04 Å². The number of nitrogens with zero attached hydrogens (tertiary/aromatic N) is 1. The number of hydrogen-bond acceptors (Lipinski definition) is 4. The fraction of sp³-hybridized carbons (Fsp3) is 0.500. The summed E-state index contributed by atoms with van der Waals surface area (Å²) in [5.74, 6) is -1.33. The van der Waals surface area contributed by atoms with Crippen LogP contribution in [0.15, 0.2) is 15.8 Å². The van der Waals surface area contributed by atoms with Gasteiger partial charge in [-0.2, -0.15) is 0 Å². The van der Waals surface area contributed by atoms with Crippen molar-refractivity contribution in [2.75, 3.05) is 6.54 Å². The molecule has 0 bridgehead atoms. The fourth-order valence-corrected chi connectivity index (χ4v) is 1.95. The van der Waals surface area contributed by atoms with Gasteiger partial charge in [-0.05, 0) is 19.4 Å². The summed E-state index contributed by atoms with van der Waals surface area (Å²) in [5.41, 5.74) is -1.85. The van der Waals surface area contributed by atoms with Crippen molar-refractivity contribution < 1.29 is 9.90 Å². The van der Waals surface area contributed by atoms with E-state index in [0.29, 0.717) is 6.54 Å². The number of hydrogen-bond donors (Lipinski definition) is 3. The SMILES string of the molecule is O=C(O)c1cn(CC2CCCN2)c(=O)[nH]c1=O. The molecule has 1 saturated heterocycles. The number of carboxylic acid groups (broad SMARTS) is 1. The van der Waals surface area contributed by atoms with Gasteiger partial charge in [0.25, 0.3) is 5.56 Å². The van der Waals surface area contributed by atoms with E-state index < -0.39 is 22.8 Å². The first-order valence-corrected chi connectivity index (χ1v) is 5.38. The second-order valence-electron chi connectivity index (χ2n) is 4.05. The summed E-state index contributed by atoms with van der Waals surface area (Å²) in [5, 5.41) is 12.0. The minimum atomic E-state index is -1.33. The van der Waals surface area contributed by atoms with Crippen molar-refractivity contribution >= 4 is 5.97 Å². The Hall–Kier alpha value is -1.89. The number of H-pyrrole nitrogens is 1. The van der Waals surface area contributed by atoms with Crippen LogP contribution < -0.4 is 16.6 Å². The number of aromatic nitrogens is 2. The standard InChI is InChI=1S/C10H13N3O4/c14-8-7(9(15)16)5-13(10(17)12-8)4-6-2-1-3-11-6/h5-6,11H,1-4H2,(H,15,16)(H,12,14,17). The van der Waals surface area contributed by atoms with Crippen LogP contribution >= 0.6 is 0 Å². The smallest absolute Gasteiger partial charge is 0.342 e. The summed E-state index contributed by atoms with van der Waals surface area (Å²) < 4.78 is 1.23. The highest BCUT2D eigenvalue weighted by molar-refractivity contribution is 5.86. The molecule has 1 aliphatic rings. The van der Waals surface area contributed by atoms with Crippen molar-refractivity contribution in [1.29, 1.82) is 0 Å². The Kier molecular flexibility index (Phi) is 3.10. The van der Waals surface area contributed by atoms with Crippen LogP contribution in [0.1, 0.15) is 23.2 Å². The summed E-state index contributed by atoms with van der Waals surface area (Å²) in [6.45, 7) is 1.27. The molecule has 1 aliphatic heterocycles. The first-order chi connectivity index (χ1) is 8.08. The van der Waals surface area contributed by atoms with Crippen LogP contribution in [0.4, 0.5) is 0 Å². The molecule has 0 aromatic carbocycles.